The summed E-state index contributed by atoms with van der Waals surface area (Å²) >= 11 is 7.82. The van der Waals surface area contributed by atoms with E-state index in [0.717, 1.165) is 52.6 Å². The number of thiazole rings is 1. The number of β-amino-alcohol motifs (C(OH)–C–C–N with tert-alkyl or cyclic N) is 1. The molecular weight excluding hydrogens is 409 g/mol. The number of likely N-dealkylation sites (tertiary alicyclic amines) is 1. The average molecular weight is 434 g/mol. The van der Waals surface area contributed by atoms with Crippen LogP contribution >= 0.6 is 22.9 Å². The van der Waals surface area contributed by atoms with Crippen molar-refractivity contribution in [1.29, 1.82) is 0 Å². The van der Waals surface area contributed by atoms with Crippen molar-refractivity contribution in [3.8, 4) is 0 Å². The molecule has 0 radical (unpaired) electrons. The van der Waals surface area contributed by atoms with Gasteiger partial charge < -0.3 is 14.6 Å². The third-order valence-corrected chi connectivity index (χ3v) is 7.04. The number of aliphatic hydroxyl groups excluding tert-OH is 1. The molecule has 0 amide bonds. The van der Waals surface area contributed by atoms with E-state index in [-0.39, 0.29) is 5.82 Å². The molecule has 154 valence electrons. The monoisotopic (exact) mass is 433 g/mol. The molecule has 0 spiro atoms. The van der Waals surface area contributed by atoms with Gasteiger partial charge in [-0.2, -0.15) is 0 Å². The standard InChI is InChI=1S/C22H25ClFN3OS/c1-25-22-27(19-7-4-17(23)12-21(19)29-22)13-15-8-10-26(11-9-15)14-20(28)16-2-5-18(24)6-3-16/h2-7,12,15,20,28H,8-11,13-14H2,1H3. The van der Waals surface area contributed by atoms with Gasteiger partial charge in [0.1, 0.15) is 5.82 Å². The fourth-order valence-corrected chi connectivity index (χ4v) is 5.31. The van der Waals surface area contributed by atoms with Gasteiger partial charge in [0.2, 0.25) is 0 Å². The Balaban J connectivity index is 1.38. The molecule has 1 unspecified atom stereocenters. The predicted molar refractivity (Wildman–Crippen MR) is 117 cm³/mol. The SMILES string of the molecule is CN=c1sc2cc(Cl)ccc2n1CC1CCN(CC(O)c2ccc(F)cc2)CC1. The van der Waals surface area contributed by atoms with E-state index in [4.69, 9.17) is 11.6 Å². The largest absolute Gasteiger partial charge is 0.387 e. The Morgan fingerprint density at radius 1 is 1.21 bits per heavy atom. The number of nitrogens with zero attached hydrogens (tertiary/aromatic N) is 3. The van der Waals surface area contributed by atoms with Gasteiger partial charge in [-0.25, -0.2) is 4.39 Å². The molecule has 2 aromatic carbocycles. The maximum atomic E-state index is 13.1. The highest BCUT2D eigenvalue weighted by Gasteiger charge is 2.23. The number of benzene rings is 2. The summed E-state index contributed by atoms with van der Waals surface area (Å²) in [5.41, 5.74) is 1.95. The molecule has 1 aliphatic heterocycles. The predicted octanol–water partition coefficient (Wildman–Crippen LogP) is 4.47. The second-order valence-electron chi connectivity index (χ2n) is 7.64. The molecule has 7 heteroatoms. The zero-order valence-corrected chi connectivity index (χ0v) is 18.0. The van der Waals surface area contributed by atoms with Crippen molar-refractivity contribution in [1.82, 2.24) is 9.47 Å². The molecule has 1 N–H and O–H groups in total. The second-order valence-corrected chi connectivity index (χ2v) is 9.09. The summed E-state index contributed by atoms with van der Waals surface area (Å²) in [7, 11) is 1.84. The fourth-order valence-electron chi connectivity index (χ4n) is 4.04. The zero-order valence-electron chi connectivity index (χ0n) is 16.4. The lowest BCUT2D eigenvalue weighted by atomic mass is 9.96. The number of piperidine rings is 1. The molecule has 1 atom stereocenters. The van der Waals surface area contributed by atoms with Crippen molar-refractivity contribution in [2.45, 2.75) is 25.5 Å². The number of hydrogen-bond donors (Lipinski definition) is 1. The van der Waals surface area contributed by atoms with Crippen molar-refractivity contribution >= 4 is 33.2 Å². The molecule has 0 aliphatic carbocycles. The zero-order chi connectivity index (χ0) is 20.4. The van der Waals surface area contributed by atoms with Gasteiger partial charge in [-0.3, -0.25) is 4.99 Å². The Morgan fingerprint density at radius 2 is 1.93 bits per heavy atom. The van der Waals surface area contributed by atoms with Crippen LogP contribution in [-0.2, 0) is 6.54 Å². The Bertz CT molecular complexity index is 1040. The average Bonchev–Trinajstić information content (AvgIpc) is 3.06. The number of hydrogen-bond acceptors (Lipinski definition) is 4. The first-order valence-corrected chi connectivity index (χ1v) is 11.1. The van der Waals surface area contributed by atoms with E-state index >= 15 is 0 Å². The minimum Gasteiger partial charge on any atom is -0.387 e. The van der Waals surface area contributed by atoms with Crippen LogP contribution in [0.15, 0.2) is 47.5 Å². The molecule has 0 saturated carbocycles. The third kappa shape index (κ3) is 4.72. The first-order chi connectivity index (χ1) is 14.0. The van der Waals surface area contributed by atoms with Crippen LogP contribution in [0.25, 0.3) is 10.2 Å². The van der Waals surface area contributed by atoms with Crippen LogP contribution in [0.1, 0.15) is 24.5 Å². The van der Waals surface area contributed by atoms with Gasteiger partial charge in [0.25, 0.3) is 0 Å². The number of aliphatic hydroxyl groups is 1. The van der Waals surface area contributed by atoms with Gasteiger partial charge in [0.05, 0.1) is 16.3 Å². The summed E-state index contributed by atoms with van der Waals surface area (Å²) in [4.78, 5) is 7.79. The van der Waals surface area contributed by atoms with E-state index in [1.165, 1.54) is 17.6 Å². The topological polar surface area (TPSA) is 40.8 Å². The van der Waals surface area contributed by atoms with Crippen LogP contribution in [0.3, 0.4) is 0 Å². The third-order valence-electron chi connectivity index (χ3n) is 5.67. The van der Waals surface area contributed by atoms with Gasteiger partial charge in [-0.15, -0.1) is 0 Å². The van der Waals surface area contributed by atoms with E-state index in [9.17, 15) is 9.50 Å². The van der Waals surface area contributed by atoms with Crippen molar-refractivity contribution in [3.63, 3.8) is 0 Å². The lowest BCUT2D eigenvalue weighted by Crippen LogP contribution is -2.38. The van der Waals surface area contributed by atoms with Crippen LogP contribution in [-0.4, -0.2) is 41.3 Å². The quantitative estimate of drug-likeness (QED) is 0.644. The Kier molecular flexibility index (Phi) is 6.35. The molecule has 1 aromatic heterocycles. The number of halogens is 2. The van der Waals surface area contributed by atoms with E-state index < -0.39 is 6.10 Å². The number of aromatic nitrogens is 1. The summed E-state index contributed by atoms with van der Waals surface area (Å²) in [6, 6.07) is 12.1. The summed E-state index contributed by atoms with van der Waals surface area (Å²) in [5, 5.41) is 11.2. The molecule has 1 aliphatic rings. The molecule has 4 rings (SSSR count). The Morgan fingerprint density at radius 3 is 2.62 bits per heavy atom. The molecule has 1 saturated heterocycles. The maximum absolute atomic E-state index is 13.1. The Labute approximate surface area is 178 Å². The van der Waals surface area contributed by atoms with Crippen molar-refractivity contribution in [3.05, 3.63) is 63.7 Å². The highest BCUT2D eigenvalue weighted by Crippen LogP contribution is 2.26. The minimum absolute atomic E-state index is 0.277. The number of fused-ring (bicyclic) bond motifs is 1. The van der Waals surface area contributed by atoms with Gasteiger partial charge in [-0.1, -0.05) is 35.1 Å². The highest BCUT2D eigenvalue weighted by atomic mass is 35.5. The second kappa shape index (κ2) is 8.96. The van der Waals surface area contributed by atoms with Gasteiger partial charge in [0, 0.05) is 25.2 Å². The van der Waals surface area contributed by atoms with E-state index in [1.807, 2.05) is 19.2 Å². The molecule has 4 nitrogen and oxygen atoms in total. The lowest BCUT2D eigenvalue weighted by molar-refractivity contribution is 0.0867. The normalized spacial score (nSPS) is 17.9. The van der Waals surface area contributed by atoms with Crippen LogP contribution in [0.4, 0.5) is 4.39 Å². The van der Waals surface area contributed by atoms with Crippen LogP contribution in [0.5, 0.6) is 0 Å². The maximum Gasteiger partial charge on any atom is 0.185 e. The van der Waals surface area contributed by atoms with E-state index in [1.54, 1.807) is 23.5 Å². The molecule has 0 bridgehead atoms. The smallest absolute Gasteiger partial charge is 0.185 e. The fraction of sp³-hybridized carbons (Fsp3) is 0.409. The summed E-state index contributed by atoms with van der Waals surface area (Å²) in [6.45, 7) is 3.44. The minimum atomic E-state index is -0.586. The number of rotatable bonds is 5. The van der Waals surface area contributed by atoms with Crippen LogP contribution < -0.4 is 4.80 Å². The Hall–Kier alpha value is -1.73. The van der Waals surface area contributed by atoms with Crippen LogP contribution in [0.2, 0.25) is 5.02 Å². The molecule has 1 fully saturated rings. The van der Waals surface area contributed by atoms with E-state index in [0.29, 0.717) is 12.5 Å². The van der Waals surface area contributed by atoms with Crippen molar-refractivity contribution in [2.24, 2.45) is 10.9 Å². The summed E-state index contributed by atoms with van der Waals surface area (Å²) in [5.74, 6) is 0.300. The molecular formula is C22H25ClFN3OS. The van der Waals surface area contributed by atoms with Gasteiger partial charge >= 0.3 is 0 Å². The molecule has 3 aromatic rings. The molecule has 2 heterocycles. The van der Waals surface area contributed by atoms with Gasteiger partial charge in [-0.05, 0) is 67.7 Å². The van der Waals surface area contributed by atoms with E-state index in [2.05, 4.69) is 20.5 Å². The van der Waals surface area contributed by atoms with Crippen molar-refractivity contribution in [2.75, 3.05) is 26.7 Å². The summed E-state index contributed by atoms with van der Waals surface area (Å²) < 4.78 is 16.5. The highest BCUT2D eigenvalue weighted by molar-refractivity contribution is 7.16. The van der Waals surface area contributed by atoms with Gasteiger partial charge in [0.15, 0.2) is 4.80 Å². The van der Waals surface area contributed by atoms with Crippen molar-refractivity contribution < 1.29 is 9.50 Å². The molecule has 29 heavy (non-hydrogen) atoms. The van der Waals surface area contributed by atoms with Crippen LogP contribution in [0, 0.1) is 11.7 Å². The first kappa shape index (κ1) is 20.5. The first-order valence-electron chi connectivity index (χ1n) is 9.91. The lowest BCUT2D eigenvalue weighted by Gasteiger charge is -2.33. The summed E-state index contributed by atoms with van der Waals surface area (Å²) in [6.07, 6.45) is 1.58.